The van der Waals surface area contributed by atoms with E-state index >= 15 is 0 Å². The average molecular weight is 429 g/mol. The molecule has 0 fully saturated rings. The van der Waals surface area contributed by atoms with Crippen LogP contribution in [0.4, 0.5) is 4.39 Å². The molecule has 0 saturated heterocycles. The fraction of sp³-hybridized carbons (Fsp3) is 0.250. The van der Waals surface area contributed by atoms with E-state index in [4.69, 9.17) is 0 Å². The Kier molecular flexibility index (Phi) is 7.00. The highest BCUT2D eigenvalue weighted by molar-refractivity contribution is 6.07. The van der Waals surface area contributed by atoms with Crippen molar-refractivity contribution in [2.24, 2.45) is 0 Å². The summed E-state index contributed by atoms with van der Waals surface area (Å²) in [5.74, 6) is -0.181. The van der Waals surface area contributed by atoms with Gasteiger partial charge in [-0.1, -0.05) is 68.3 Å². The van der Waals surface area contributed by atoms with Crippen LogP contribution in [0.1, 0.15) is 47.8 Å². The van der Waals surface area contributed by atoms with Crippen molar-refractivity contribution in [2.45, 2.75) is 39.3 Å². The maximum absolute atomic E-state index is 13.7. The Morgan fingerprint density at radius 2 is 1.75 bits per heavy atom. The van der Waals surface area contributed by atoms with Crippen LogP contribution >= 0.6 is 0 Å². The third kappa shape index (κ3) is 5.08. The van der Waals surface area contributed by atoms with Gasteiger partial charge in [-0.25, -0.2) is 4.39 Å². The van der Waals surface area contributed by atoms with E-state index < -0.39 is 0 Å². The minimum atomic E-state index is -0.233. The van der Waals surface area contributed by atoms with Crippen LogP contribution in [-0.2, 0) is 13.1 Å². The Hall–Kier alpha value is -3.40. The third-order valence-corrected chi connectivity index (χ3v) is 5.86. The van der Waals surface area contributed by atoms with Crippen molar-refractivity contribution < 1.29 is 9.18 Å². The van der Waals surface area contributed by atoms with Crippen LogP contribution in [0.5, 0.6) is 0 Å². The maximum atomic E-state index is 13.7. The number of halogens is 1. The summed E-state index contributed by atoms with van der Waals surface area (Å²) in [7, 11) is 0. The van der Waals surface area contributed by atoms with Gasteiger partial charge in [0.25, 0.3) is 5.91 Å². The van der Waals surface area contributed by atoms with Crippen LogP contribution in [0, 0.1) is 5.82 Å². The molecule has 4 rings (SSSR count). The van der Waals surface area contributed by atoms with Gasteiger partial charge in [0.2, 0.25) is 0 Å². The summed E-state index contributed by atoms with van der Waals surface area (Å²) in [6.07, 6.45) is 5.15. The quantitative estimate of drug-likeness (QED) is 0.274. The Balaban J connectivity index is 1.60. The highest BCUT2D eigenvalue weighted by Crippen LogP contribution is 2.22. The van der Waals surface area contributed by atoms with Crippen LogP contribution < -0.4 is 0 Å². The molecule has 0 spiro atoms. The van der Waals surface area contributed by atoms with Crippen LogP contribution in [0.3, 0.4) is 0 Å². The van der Waals surface area contributed by atoms with Crippen molar-refractivity contribution in [1.29, 1.82) is 0 Å². The van der Waals surface area contributed by atoms with E-state index in [0.717, 1.165) is 46.9 Å². The molecular weight excluding hydrogens is 399 g/mol. The van der Waals surface area contributed by atoms with Gasteiger partial charge in [-0.2, -0.15) is 0 Å². The summed E-state index contributed by atoms with van der Waals surface area (Å²) in [6, 6.07) is 24.6. The van der Waals surface area contributed by atoms with E-state index in [-0.39, 0.29) is 11.7 Å². The first-order valence-electron chi connectivity index (χ1n) is 11.3. The lowest BCUT2D eigenvalue weighted by Crippen LogP contribution is -2.32. The molecule has 0 unspecified atom stereocenters. The summed E-state index contributed by atoms with van der Waals surface area (Å²) in [5, 5.41) is 2.05. The fourth-order valence-electron chi connectivity index (χ4n) is 4.16. The van der Waals surface area contributed by atoms with Crippen LogP contribution in [0.15, 0.2) is 85.1 Å². The zero-order valence-corrected chi connectivity index (χ0v) is 18.5. The van der Waals surface area contributed by atoms with Crippen LogP contribution in [0.25, 0.3) is 10.8 Å². The summed E-state index contributed by atoms with van der Waals surface area (Å²) in [5.41, 5.74) is 2.68. The van der Waals surface area contributed by atoms with Crippen LogP contribution in [-0.4, -0.2) is 21.9 Å². The summed E-state index contributed by atoms with van der Waals surface area (Å²) >= 11 is 0. The molecule has 32 heavy (non-hydrogen) atoms. The second-order valence-electron chi connectivity index (χ2n) is 8.22. The van der Waals surface area contributed by atoms with E-state index in [2.05, 4.69) is 11.5 Å². The first-order valence-corrected chi connectivity index (χ1v) is 11.3. The Morgan fingerprint density at radius 3 is 2.59 bits per heavy atom. The zero-order valence-electron chi connectivity index (χ0n) is 18.5. The molecule has 0 radical (unpaired) electrons. The first kappa shape index (κ1) is 21.8. The highest BCUT2D eigenvalue weighted by atomic mass is 19.1. The number of rotatable bonds is 9. The lowest BCUT2D eigenvalue weighted by molar-refractivity contribution is 0.0738. The lowest BCUT2D eigenvalue weighted by atomic mass is 10.0. The maximum Gasteiger partial charge on any atom is 0.254 e. The molecule has 0 saturated carbocycles. The number of nitrogens with zero attached hydrogens (tertiary/aromatic N) is 2. The Labute approximate surface area is 189 Å². The molecule has 1 aromatic heterocycles. The standard InChI is InChI=1S/C28H29FN2O/c1-2-3-6-17-31(28(32)27-16-8-12-23-11-4-5-15-26(23)27)21-25-14-9-18-30(25)20-22-10-7-13-24(29)19-22/h4-5,7-16,18-19H,2-3,6,17,20-21H2,1H3. The lowest BCUT2D eigenvalue weighted by Gasteiger charge is -2.24. The van der Waals surface area contributed by atoms with Crippen molar-refractivity contribution in [3.05, 3.63) is 108 Å². The van der Waals surface area contributed by atoms with Gasteiger partial charge < -0.3 is 9.47 Å². The predicted molar refractivity (Wildman–Crippen MR) is 128 cm³/mol. The zero-order chi connectivity index (χ0) is 22.3. The van der Waals surface area contributed by atoms with Crippen molar-refractivity contribution >= 4 is 16.7 Å². The number of hydrogen-bond acceptors (Lipinski definition) is 1. The fourth-order valence-corrected chi connectivity index (χ4v) is 4.16. The molecule has 4 heteroatoms. The van der Waals surface area contributed by atoms with E-state index in [1.54, 1.807) is 12.1 Å². The third-order valence-electron chi connectivity index (χ3n) is 5.86. The molecule has 1 heterocycles. The number of hydrogen-bond donors (Lipinski definition) is 0. The highest BCUT2D eigenvalue weighted by Gasteiger charge is 2.19. The van der Waals surface area contributed by atoms with Gasteiger partial charge in [-0.15, -0.1) is 0 Å². The van der Waals surface area contributed by atoms with E-state index in [0.29, 0.717) is 19.6 Å². The first-order chi connectivity index (χ1) is 15.7. The van der Waals surface area contributed by atoms with Gasteiger partial charge in [-0.05, 0) is 53.1 Å². The smallest absolute Gasteiger partial charge is 0.254 e. The Bertz CT molecular complexity index is 1190. The number of benzene rings is 3. The average Bonchev–Trinajstić information content (AvgIpc) is 3.24. The van der Waals surface area contributed by atoms with Gasteiger partial charge in [0.1, 0.15) is 5.82 Å². The topological polar surface area (TPSA) is 25.2 Å². The largest absolute Gasteiger partial charge is 0.345 e. The van der Waals surface area contributed by atoms with E-state index in [1.165, 1.54) is 6.07 Å². The van der Waals surface area contributed by atoms with Gasteiger partial charge in [-0.3, -0.25) is 4.79 Å². The number of unbranched alkanes of at least 4 members (excludes halogenated alkanes) is 2. The molecule has 4 aromatic rings. The summed E-state index contributed by atoms with van der Waals surface area (Å²) in [4.78, 5) is 15.6. The molecule has 0 aliphatic rings. The van der Waals surface area contributed by atoms with Gasteiger partial charge >= 0.3 is 0 Å². The normalized spacial score (nSPS) is 11.1. The monoisotopic (exact) mass is 428 g/mol. The molecule has 1 amide bonds. The number of amides is 1. The number of fused-ring (bicyclic) bond motifs is 1. The number of carbonyl (C=O) groups excluding carboxylic acids is 1. The predicted octanol–water partition coefficient (Wildman–Crippen LogP) is 6.66. The number of carbonyl (C=O) groups is 1. The second kappa shape index (κ2) is 10.3. The number of aromatic nitrogens is 1. The van der Waals surface area contributed by atoms with Gasteiger partial charge in [0.15, 0.2) is 0 Å². The molecule has 0 N–H and O–H groups in total. The van der Waals surface area contributed by atoms with Crippen molar-refractivity contribution in [3.63, 3.8) is 0 Å². The van der Waals surface area contributed by atoms with E-state index in [1.807, 2.05) is 71.8 Å². The van der Waals surface area contributed by atoms with Crippen LogP contribution in [0.2, 0.25) is 0 Å². The summed E-state index contributed by atoms with van der Waals surface area (Å²) in [6.45, 7) is 3.97. The SMILES string of the molecule is CCCCCN(Cc1cccn1Cc1cccc(F)c1)C(=O)c1cccc2ccccc12. The molecular formula is C28H29FN2O. The van der Waals surface area contributed by atoms with E-state index in [9.17, 15) is 9.18 Å². The molecule has 0 atom stereocenters. The Morgan fingerprint density at radius 1 is 0.938 bits per heavy atom. The molecule has 0 aliphatic carbocycles. The van der Waals surface area contributed by atoms with Crippen molar-refractivity contribution in [1.82, 2.24) is 9.47 Å². The molecule has 3 nitrogen and oxygen atoms in total. The van der Waals surface area contributed by atoms with Crippen molar-refractivity contribution in [2.75, 3.05) is 6.54 Å². The van der Waals surface area contributed by atoms with Gasteiger partial charge in [0, 0.05) is 30.5 Å². The minimum absolute atomic E-state index is 0.0522. The van der Waals surface area contributed by atoms with Gasteiger partial charge in [0.05, 0.1) is 6.54 Å². The molecule has 0 bridgehead atoms. The molecule has 164 valence electrons. The summed E-state index contributed by atoms with van der Waals surface area (Å²) < 4.78 is 15.7. The van der Waals surface area contributed by atoms with Crippen molar-refractivity contribution in [3.8, 4) is 0 Å². The molecule has 0 aliphatic heterocycles. The molecule has 3 aromatic carbocycles. The minimum Gasteiger partial charge on any atom is -0.345 e. The second-order valence-corrected chi connectivity index (χ2v) is 8.22.